The lowest BCUT2D eigenvalue weighted by atomic mass is 10.0. The summed E-state index contributed by atoms with van der Waals surface area (Å²) < 4.78 is 39.0. The van der Waals surface area contributed by atoms with E-state index in [-0.39, 0.29) is 23.6 Å². The van der Waals surface area contributed by atoms with Crippen molar-refractivity contribution in [1.82, 2.24) is 14.9 Å². The first kappa shape index (κ1) is 44.6. The number of nitrogens with zero attached hydrogens (tertiary/aromatic N) is 4. The van der Waals surface area contributed by atoms with E-state index < -0.39 is 69.8 Å². The predicted octanol–water partition coefficient (Wildman–Crippen LogP) is 5.07. The third kappa shape index (κ3) is 10.3. The number of anilines is 3. The molecule has 5 aromatic carbocycles. The Labute approximate surface area is 364 Å². The van der Waals surface area contributed by atoms with Crippen molar-refractivity contribution in [3.8, 4) is 11.5 Å². The number of urea groups is 1. The number of hydrogen-bond acceptors (Lipinski definition) is 9. The van der Waals surface area contributed by atoms with E-state index in [0.29, 0.717) is 32.7 Å². The summed E-state index contributed by atoms with van der Waals surface area (Å²) in [6.45, 7) is -1.79. The third-order valence-electron chi connectivity index (χ3n) is 10.2. The zero-order valence-corrected chi connectivity index (χ0v) is 35.9. The van der Waals surface area contributed by atoms with Crippen LogP contribution >= 0.6 is 11.6 Å². The van der Waals surface area contributed by atoms with Crippen LogP contribution in [0, 0.1) is 0 Å². The van der Waals surface area contributed by atoms with Gasteiger partial charge in [-0.15, -0.1) is 0 Å². The first-order valence-electron chi connectivity index (χ1n) is 19.3. The number of halogens is 1. The number of hydrogen-bond donors (Lipinski definition) is 2. The SMILES string of the molecule is COc1ccc(N(C)C(=O)[C@H](Cc2ccccc2)NC(=O)CN2C(=O)N(CC(=O)N[C@@H](Cc3ccccc3)C(=O)N(C)c3ccc(OC)cc3)S(=O)(=O)c3cc(Cl)ccc32)cc1. The fourth-order valence-corrected chi connectivity index (χ4v) is 8.65. The summed E-state index contributed by atoms with van der Waals surface area (Å²) in [5.74, 6) is -1.60. The average molecular weight is 881 g/mol. The predicted molar refractivity (Wildman–Crippen MR) is 235 cm³/mol. The van der Waals surface area contributed by atoms with Crippen LogP contribution in [-0.2, 0) is 42.0 Å². The Kier molecular flexibility index (Phi) is 14.1. The molecule has 1 aliphatic rings. The lowest BCUT2D eigenvalue weighted by molar-refractivity contribution is -0.127. The summed E-state index contributed by atoms with van der Waals surface area (Å²) in [6.07, 6.45) is 0.122. The molecule has 62 heavy (non-hydrogen) atoms. The average Bonchev–Trinajstić information content (AvgIpc) is 3.28. The summed E-state index contributed by atoms with van der Waals surface area (Å²) in [7, 11) is 1.40. The molecule has 17 heteroatoms. The fourth-order valence-electron chi connectivity index (χ4n) is 6.87. The molecule has 0 saturated carbocycles. The number of likely N-dealkylation sites (N-methyl/N-ethyl adjacent to an activating group) is 2. The summed E-state index contributed by atoms with van der Waals surface area (Å²) in [5, 5.41) is 5.40. The summed E-state index contributed by atoms with van der Waals surface area (Å²) in [4.78, 5) is 73.3. The van der Waals surface area contributed by atoms with Crippen LogP contribution in [0.5, 0.6) is 11.5 Å². The van der Waals surface area contributed by atoms with Crippen molar-refractivity contribution < 1.29 is 41.9 Å². The van der Waals surface area contributed by atoms with Crippen molar-refractivity contribution in [2.45, 2.75) is 29.8 Å². The Bertz CT molecular complexity index is 2530. The van der Waals surface area contributed by atoms with Gasteiger partial charge in [0.2, 0.25) is 23.6 Å². The molecule has 2 N–H and O–H groups in total. The Morgan fingerprint density at radius 1 is 0.645 bits per heavy atom. The van der Waals surface area contributed by atoms with E-state index in [1.807, 2.05) is 6.07 Å². The largest absolute Gasteiger partial charge is 0.497 e. The molecule has 5 aromatic rings. The maximum atomic E-state index is 14.3. The molecule has 1 aliphatic heterocycles. The lowest BCUT2D eigenvalue weighted by Gasteiger charge is -2.36. The number of fused-ring (bicyclic) bond motifs is 1. The monoisotopic (exact) mass is 880 g/mol. The first-order valence-corrected chi connectivity index (χ1v) is 21.2. The van der Waals surface area contributed by atoms with Gasteiger partial charge in [-0.3, -0.25) is 24.1 Å². The fraction of sp³-hybridized carbons (Fsp3) is 0.222. The summed E-state index contributed by atoms with van der Waals surface area (Å²) >= 11 is 6.26. The number of ether oxygens (including phenoxy) is 2. The minimum Gasteiger partial charge on any atom is -0.497 e. The number of amides is 6. The number of benzene rings is 5. The highest BCUT2D eigenvalue weighted by Crippen LogP contribution is 2.36. The molecular formula is C45H45ClN6O9S. The van der Waals surface area contributed by atoms with Gasteiger partial charge in [0, 0.05) is 43.3 Å². The topological polar surface area (TPSA) is 175 Å². The van der Waals surface area contributed by atoms with E-state index >= 15 is 0 Å². The second-order valence-electron chi connectivity index (χ2n) is 14.3. The van der Waals surface area contributed by atoms with E-state index in [0.717, 1.165) is 16.5 Å². The van der Waals surface area contributed by atoms with Crippen molar-refractivity contribution in [2.24, 2.45) is 0 Å². The van der Waals surface area contributed by atoms with Crippen LogP contribution in [0.4, 0.5) is 21.9 Å². The number of carbonyl (C=O) groups is 5. The molecule has 15 nitrogen and oxygen atoms in total. The number of rotatable bonds is 16. The van der Waals surface area contributed by atoms with Crippen molar-refractivity contribution in [3.05, 3.63) is 144 Å². The van der Waals surface area contributed by atoms with Gasteiger partial charge in [0.1, 0.15) is 41.6 Å². The van der Waals surface area contributed by atoms with Gasteiger partial charge in [-0.25, -0.2) is 17.5 Å². The third-order valence-corrected chi connectivity index (χ3v) is 12.2. The van der Waals surface area contributed by atoms with Gasteiger partial charge in [-0.1, -0.05) is 72.3 Å². The quantitative estimate of drug-likeness (QED) is 0.137. The highest BCUT2D eigenvalue weighted by Gasteiger charge is 2.44. The molecule has 0 bridgehead atoms. The van der Waals surface area contributed by atoms with Gasteiger partial charge in [0.05, 0.1) is 19.9 Å². The summed E-state index contributed by atoms with van der Waals surface area (Å²) in [6, 6.07) is 31.6. The zero-order chi connectivity index (χ0) is 44.6. The zero-order valence-electron chi connectivity index (χ0n) is 34.4. The molecule has 0 aliphatic carbocycles. The Morgan fingerprint density at radius 2 is 1.08 bits per heavy atom. The molecule has 0 unspecified atom stereocenters. The maximum absolute atomic E-state index is 14.3. The van der Waals surface area contributed by atoms with Gasteiger partial charge in [-0.05, 0) is 77.9 Å². The van der Waals surface area contributed by atoms with Crippen molar-refractivity contribution in [1.29, 1.82) is 0 Å². The van der Waals surface area contributed by atoms with Gasteiger partial charge in [0.25, 0.3) is 10.0 Å². The molecule has 0 saturated heterocycles. The van der Waals surface area contributed by atoms with E-state index in [4.69, 9.17) is 21.1 Å². The summed E-state index contributed by atoms with van der Waals surface area (Å²) in [5.41, 5.74) is 2.31. The normalized spacial score (nSPS) is 13.9. The maximum Gasteiger partial charge on any atom is 0.339 e. The van der Waals surface area contributed by atoms with E-state index in [1.165, 1.54) is 43.2 Å². The minimum atomic E-state index is -4.74. The van der Waals surface area contributed by atoms with Crippen molar-refractivity contribution in [2.75, 3.05) is 56.1 Å². The van der Waals surface area contributed by atoms with Crippen LogP contribution in [0.25, 0.3) is 0 Å². The lowest BCUT2D eigenvalue weighted by Crippen LogP contribution is -2.58. The van der Waals surface area contributed by atoms with Crippen molar-refractivity contribution >= 4 is 68.3 Å². The van der Waals surface area contributed by atoms with Crippen molar-refractivity contribution in [3.63, 3.8) is 0 Å². The molecule has 0 radical (unpaired) electrons. The molecule has 1 heterocycles. The van der Waals surface area contributed by atoms with E-state index in [1.54, 1.807) is 110 Å². The van der Waals surface area contributed by atoms with Crippen LogP contribution in [0.2, 0.25) is 5.02 Å². The number of nitrogens with one attached hydrogen (secondary N) is 2. The molecular weight excluding hydrogens is 836 g/mol. The van der Waals surface area contributed by atoms with E-state index in [9.17, 15) is 32.4 Å². The second-order valence-corrected chi connectivity index (χ2v) is 16.6. The Hall–Kier alpha value is -6.91. The Morgan fingerprint density at radius 3 is 1.52 bits per heavy atom. The first-order chi connectivity index (χ1) is 29.7. The number of carbonyl (C=O) groups excluding carboxylic acids is 5. The van der Waals surface area contributed by atoms with Gasteiger partial charge in [0.15, 0.2) is 0 Å². The standard InChI is InChI=1S/C45H45ClN6O9S/c1-49(33-16-20-35(60-3)21-17-33)43(55)37(25-30-11-7-5-8-12-30)47-41(53)28-51-39-24-15-32(46)27-40(39)62(58,59)52(45(51)57)29-42(54)48-38(26-31-13-9-6-10-14-31)44(56)50(2)34-18-22-36(61-4)23-19-34/h5-24,27,37-38H,25-26,28-29H2,1-4H3,(H,47,53)(H,48,54)/t37-,38-/m0/s1. The van der Waals surface area contributed by atoms with Crippen LogP contribution in [0.3, 0.4) is 0 Å². The van der Waals surface area contributed by atoms with Gasteiger partial charge in [-0.2, -0.15) is 0 Å². The van der Waals surface area contributed by atoms with Crippen LogP contribution < -0.4 is 34.8 Å². The molecule has 0 fully saturated rings. The number of methoxy groups -OCH3 is 2. The van der Waals surface area contributed by atoms with Crippen LogP contribution in [0.1, 0.15) is 11.1 Å². The van der Waals surface area contributed by atoms with Crippen LogP contribution in [-0.4, -0.2) is 95.9 Å². The van der Waals surface area contributed by atoms with Crippen LogP contribution in [0.15, 0.2) is 132 Å². The molecule has 0 aromatic heterocycles. The smallest absolute Gasteiger partial charge is 0.339 e. The molecule has 322 valence electrons. The molecule has 6 amide bonds. The van der Waals surface area contributed by atoms with E-state index in [2.05, 4.69) is 10.6 Å². The molecule has 0 spiro atoms. The number of sulfonamides is 1. The van der Waals surface area contributed by atoms with Gasteiger partial charge >= 0.3 is 6.03 Å². The highest BCUT2D eigenvalue weighted by molar-refractivity contribution is 7.90. The minimum absolute atomic E-state index is 0.0145. The Balaban J connectivity index is 1.25. The van der Waals surface area contributed by atoms with Gasteiger partial charge < -0.3 is 29.9 Å². The molecule has 6 rings (SSSR count). The highest BCUT2D eigenvalue weighted by atomic mass is 35.5. The molecule has 2 atom stereocenters. The second kappa shape index (κ2) is 19.6.